The van der Waals surface area contributed by atoms with Crippen molar-refractivity contribution in [2.45, 2.75) is 24.3 Å². The maximum Gasteiger partial charge on any atom is 0.264 e. The number of halogens is 1. The first-order chi connectivity index (χ1) is 17.7. The third-order valence-corrected chi connectivity index (χ3v) is 7.98. The maximum atomic E-state index is 13.7. The van der Waals surface area contributed by atoms with Gasteiger partial charge in [-0.2, -0.15) is 0 Å². The van der Waals surface area contributed by atoms with Gasteiger partial charge in [0.2, 0.25) is 11.8 Å². The number of nitrogens with one attached hydrogen (secondary N) is 1. The van der Waals surface area contributed by atoms with E-state index in [0.717, 1.165) is 9.87 Å². The first-order valence-electron chi connectivity index (χ1n) is 11.6. The zero-order valence-corrected chi connectivity index (χ0v) is 22.5. The van der Waals surface area contributed by atoms with E-state index in [-0.39, 0.29) is 23.0 Å². The van der Waals surface area contributed by atoms with Gasteiger partial charge in [-0.05, 0) is 67.4 Å². The highest BCUT2D eigenvalue weighted by atomic mass is 35.5. The van der Waals surface area contributed by atoms with Crippen LogP contribution in [0.2, 0.25) is 5.02 Å². The lowest BCUT2D eigenvalue weighted by Crippen LogP contribution is -2.51. The van der Waals surface area contributed by atoms with Crippen LogP contribution in [0.1, 0.15) is 12.5 Å². The van der Waals surface area contributed by atoms with Crippen molar-refractivity contribution in [3.8, 4) is 5.75 Å². The van der Waals surface area contributed by atoms with Crippen molar-refractivity contribution >= 4 is 39.1 Å². The van der Waals surface area contributed by atoms with Crippen molar-refractivity contribution in [3.05, 3.63) is 89.4 Å². The SMILES string of the molecule is CNC(=O)[C@H](C)N(CCc1ccccc1)C(=O)CN(c1ccc(Cl)cc1)S(=O)(=O)c1ccc(OC)cc1. The van der Waals surface area contributed by atoms with Gasteiger partial charge in [0.15, 0.2) is 0 Å². The van der Waals surface area contributed by atoms with Crippen molar-refractivity contribution in [2.75, 3.05) is 31.6 Å². The smallest absolute Gasteiger partial charge is 0.264 e. The van der Waals surface area contributed by atoms with Crippen LogP contribution >= 0.6 is 11.6 Å². The Balaban J connectivity index is 1.96. The van der Waals surface area contributed by atoms with Gasteiger partial charge in [0.1, 0.15) is 18.3 Å². The molecule has 0 fully saturated rings. The Morgan fingerprint density at radius 3 is 2.16 bits per heavy atom. The molecule has 0 heterocycles. The van der Waals surface area contributed by atoms with E-state index in [9.17, 15) is 18.0 Å². The summed E-state index contributed by atoms with van der Waals surface area (Å²) in [5.74, 6) is -0.365. The highest BCUT2D eigenvalue weighted by Gasteiger charge is 2.32. The Bertz CT molecular complexity index is 1300. The van der Waals surface area contributed by atoms with Crippen molar-refractivity contribution < 1.29 is 22.7 Å². The summed E-state index contributed by atoms with van der Waals surface area (Å²) in [6.07, 6.45) is 0.500. The van der Waals surface area contributed by atoms with Crippen molar-refractivity contribution in [3.63, 3.8) is 0 Å². The number of nitrogens with zero attached hydrogens (tertiary/aromatic N) is 2. The van der Waals surface area contributed by atoms with Gasteiger partial charge < -0.3 is 15.0 Å². The third-order valence-electron chi connectivity index (χ3n) is 5.94. The fraction of sp³-hybridized carbons (Fsp3) is 0.259. The minimum Gasteiger partial charge on any atom is -0.497 e. The van der Waals surface area contributed by atoms with Gasteiger partial charge in [-0.3, -0.25) is 13.9 Å². The average molecular weight is 544 g/mol. The molecule has 1 N–H and O–H groups in total. The van der Waals surface area contributed by atoms with Crippen LogP contribution in [0.5, 0.6) is 5.75 Å². The van der Waals surface area contributed by atoms with Crippen molar-refractivity contribution in [1.82, 2.24) is 10.2 Å². The molecular formula is C27H30ClN3O5S. The molecule has 3 aromatic carbocycles. The highest BCUT2D eigenvalue weighted by Crippen LogP contribution is 2.27. The molecule has 3 rings (SSSR count). The van der Waals surface area contributed by atoms with E-state index in [4.69, 9.17) is 16.3 Å². The molecule has 8 nitrogen and oxygen atoms in total. The molecule has 0 bridgehead atoms. The fourth-order valence-corrected chi connectivity index (χ4v) is 5.33. The number of benzene rings is 3. The molecule has 0 spiro atoms. The lowest BCUT2D eigenvalue weighted by atomic mass is 10.1. The summed E-state index contributed by atoms with van der Waals surface area (Å²) in [6, 6.07) is 20.8. The standard InChI is InChI=1S/C27H30ClN3O5S/c1-20(27(33)29-2)30(18-17-21-7-5-4-6-8-21)26(32)19-31(23-11-9-22(28)10-12-23)37(34,35)25-15-13-24(36-3)14-16-25/h4-16,20H,17-19H2,1-3H3,(H,29,33)/t20-/m0/s1. The van der Waals surface area contributed by atoms with Gasteiger partial charge in [-0.25, -0.2) is 8.42 Å². The largest absolute Gasteiger partial charge is 0.497 e. The van der Waals surface area contributed by atoms with Crippen LogP contribution in [0.15, 0.2) is 83.8 Å². The number of hydrogen-bond donors (Lipinski definition) is 1. The van der Waals surface area contributed by atoms with Gasteiger partial charge in [0.05, 0.1) is 17.7 Å². The summed E-state index contributed by atoms with van der Waals surface area (Å²) >= 11 is 6.03. The number of anilines is 1. The molecule has 196 valence electrons. The lowest BCUT2D eigenvalue weighted by molar-refractivity contribution is -0.138. The first-order valence-corrected chi connectivity index (χ1v) is 13.5. The minimum atomic E-state index is -4.15. The monoisotopic (exact) mass is 543 g/mol. The number of hydrogen-bond acceptors (Lipinski definition) is 5. The Labute approximate surface area is 222 Å². The van der Waals surface area contributed by atoms with Crippen molar-refractivity contribution in [1.29, 1.82) is 0 Å². The number of methoxy groups -OCH3 is 1. The molecule has 0 aliphatic heterocycles. The van der Waals surface area contributed by atoms with Crippen LogP contribution in [0.4, 0.5) is 5.69 Å². The Morgan fingerprint density at radius 1 is 0.973 bits per heavy atom. The van der Waals surface area contributed by atoms with Crippen molar-refractivity contribution in [2.24, 2.45) is 0 Å². The molecular weight excluding hydrogens is 514 g/mol. The van der Waals surface area contributed by atoms with E-state index in [1.165, 1.54) is 55.5 Å². The van der Waals surface area contributed by atoms with E-state index in [0.29, 0.717) is 17.2 Å². The predicted octanol–water partition coefficient (Wildman–Crippen LogP) is 3.75. The number of carbonyl (C=O) groups is 2. The summed E-state index contributed by atoms with van der Waals surface area (Å²) in [5.41, 5.74) is 1.26. The van der Waals surface area contributed by atoms with Crippen LogP contribution in [-0.4, -0.2) is 58.4 Å². The summed E-state index contributed by atoms with van der Waals surface area (Å²) < 4.78 is 33.6. The lowest BCUT2D eigenvalue weighted by Gasteiger charge is -2.31. The predicted molar refractivity (Wildman–Crippen MR) is 144 cm³/mol. The molecule has 0 unspecified atom stereocenters. The van der Waals surface area contributed by atoms with E-state index in [1.807, 2.05) is 30.3 Å². The number of ether oxygens (including phenoxy) is 1. The van der Waals surface area contributed by atoms with E-state index < -0.39 is 28.5 Å². The molecule has 1 atom stereocenters. The molecule has 10 heteroatoms. The molecule has 0 radical (unpaired) electrons. The average Bonchev–Trinajstić information content (AvgIpc) is 2.92. The van der Waals surface area contributed by atoms with E-state index >= 15 is 0 Å². The number of carbonyl (C=O) groups excluding carboxylic acids is 2. The van der Waals surface area contributed by atoms with Crippen LogP contribution in [0.25, 0.3) is 0 Å². The molecule has 0 saturated heterocycles. The summed E-state index contributed by atoms with van der Waals surface area (Å²) in [7, 11) is -1.17. The second-order valence-corrected chi connectivity index (χ2v) is 10.6. The Kier molecular flexibility index (Phi) is 9.54. The zero-order valence-electron chi connectivity index (χ0n) is 20.9. The third kappa shape index (κ3) is 7.02. The van der Waals surface area contributed by atoms with Crippen LogP contribution < -0.4 is 14.4 Å². The molecule has 0 aliphatic rings. The molecule has 2 amide bonds. The zero-order chi connectivity index (χ0) is 27.0. The topological polar surface area (TPSA) is 96.0 Å². The number of rotatable bonds is 11. The summed E-state index contributed by atoms with van der Waals surface area (Å²) in [4.78, 5) is 27.5. The fourth-order valence-electron chi connectivity index (χ4n) is 3.79. The minimum absolute atomic E-state index is 0.00812. The van der Waals surface area contributed by atoms with Gasteiger partial charge in [-0.15, -0.1) is 0 Å². The van der Waals surface area contributed by atoms with E-state index in [1.54, 1.807) is 19.1 Å². The Hall–Kier alpha value is -3.56. The number of sulfonamides is 1. The normalized spacial score (nSPS) is 11.9. The molecule has 3 aromatic rings. The summed E-state index contributed by atoms with van der Waals surface area (Å²) in [6.45, 7) is 1.34. The van der Waals surface area contributed by atoms with Gasteiger partial charge in [0, 0.05) is 18.6 Å². The second kappa shape index (κ2) is 12.6. The quantitative estimate of drug-likeness (QED) is 0.397. The Morgan fingerprint density at radius 2 is 1.59 bits per heavy atom. The molecule has 0 aromatic heterocycles. The molecule has 37 heavy (non-hydrogen) atoms. The summed E-state index contributed by atoms with van der Waals surface area (Å²) in [5, 5.41) is 2.99. The molecule has 0 saturated carbocycles. The van der Waals surface area contributed by atoms with Crippen LogP contribution in [-0.2, 0) is 26.0 Å². The van der Waals surface area contributed by atoms with Crippen LogP contribution in [0, 0.1) is 0 Å². The number of likely N-dealkylation sites (N-methyl/N-ethyl adjacent to an activating group) is 1. The van der Waals surface area contributed by atoms with Gasteiger partial charge >= 0.3 is 0 Å². The maximum absolute atomic E-state index is 13.7. The van der Waals surface area contributed by atoms with E-state index in [2.05, 4.69) is 5.32 Å². The number of amides is 2. The van der Waals surface area contributed by atoms with Gasteiger partial charge in [-0.1, -0.05) is 41.9 Å². The highest BCUT2D eigenvalue weighted by molar-refractivity contribution is 7.92. The molecule has 0 aliphatic carbocycles. The second-order valence-electron chi connectivity index (χ2n) is 8.28. The van der Waals surface area contributed by atoms with Gasteiger partial charge in [0.25, 0.3) is 10.0 Å². The van der Waals surface area contributed by atoms with Crippen LogP contribution in [0.3, 0.4) is 0 Å². The first kappa shape index (κ1) is 28.0.